The number of carboxylic acids is 1. The monoisotopic (exact) mass is 289 g/mol. The molecule has 0 heterocycles. The fourth-order valence-corrected chi connectivity index (χ4v) is 2.98. The lowest BCUT2D eigenvalue weighted by molar-refractivity contribution is -0.149. The minimum absolute atomic E-state index is 0.118. The first kappa shape index (κ1) is 15.5. The van der Waals surface area contributed by atoms with Gasteiger partial charge in [-0.05, 0) is 39.2 Å². The van der Waals surface area contributed by atoms with Crippen LogP contribution in [0.1, 0.15) is 45.6 Å². The first-order valence-electron chi connectivity index (χ1n) is 7.38. The number of carbonyl (C=O) groups excluding carboxylic acids is 1. The van der Waals surface area contributed by atoms with Gasteiger partial charge in [0.2, 0.25) is 5.91 Å². The fourth-order valence-electron chi connectivity index (χ4n) is 2.98. The second-order valence-electron chi connectivity index (χ2n) is 6.63. The highest BCUT2D eigenvalue weighted by molar-refractivity contribution is 5.88. The van der Waals surface area contributed by atoms with Gasteiger partial charge in [-0.2, -0.15) is 0 Å². The number of aliphatic carboxylic acids is 1. The van der Waals surface area contributed by atoms with E-state index in [-0.39, 0.29) is 11.9 Å². The second kappa shape index (κ2) is 5.51. The molecule has 1 fully saturated rings. The molecule has 0 saturated heterocycles. The Hall–Kier alpha value is -1.84. The van der Waals surface area contributed by atoms with E-state index in [9.17, 15) is 14.7 Å². The summed E-state index contributed by atoms with van der Waals surface area (Å²) in [6.45, 7) is 5.46. The van der Waals surface area contributed by atoms with Crippen LogP contribution >= 0.6 is 0 Å². The van der Waals surface area contributed by atoms with Crippen molar-refractivity contribution in [1.29, 1.82) is 0 Å². The summed E-state index contributed by atoms with van der Waals surface area (Å²) in [4.78, 5) is 24.1. The molecular formula is C17H23NO3. The Bertz CT molecular complexity index is 538. The van der Waals surface area contributed by atoms with Crippen LogP contribution in [0, 0.1) is 5.41 Å². The highest BCUT2D eigenvalue weighted by Crippen LogP contribution is 2.38. The lowest BCUT2D eigenvalue weighted by atomic mass is 9.81. The lowest BCUT2D eigenvalue weighted by Gasteiger charge is -2.32. The summed E-state index contributed by atoms with van der Waals surface area (Å²) >= 11 is 0. The number of nitrogens with one attached hydrogen (secondary N) is 1. The predicted octanol–water partition coefficient (Wildman–Crippen LogP) is 2.72. The molecule has 0 spiro atoms. The summed E-state index contributed by atoms with van der Waals surface area (Å²) < 4.78 is 0. The molecule has 1 saturated carbocycles. The number of rotatable bonds is 4. The van der Waals surface area contributed by atoms with Crippen LogP contribution in [0.15, 0.2) is 30.3 Å². The molecule has 2 unspecified atom stereocenters. The third kappa shape index (κ3) is 2.80. The minimum atomic E-state index is -0.859. The van der Waals surface area contributed by atoms with Gasteiger partial charge >= 0.3 is 5.97 Å². The Balaban J connectivity index is 2.16. The molecule has 0 aliphatic heterocycles. The lowest BCUT2D eigenvalue weighted by Crippen LogP contribution is -2.51. The van der Waals surface area contributed by atoms with E-state index < -0.39 is 16.8 Å². The molecule has 2 rings (SSSR count). The SMILES string of the molecule is CC(C)(C(=O)NC1CCCC1(C)C(=O)O)c1ccccc1. The van der Waals surface area contributed by atoms with E-state index in [1.165, 1.54) is 0 Å². The molecule has 0 radical (unpaired) electrons. The Kier molecular flexibility index (Phi) is 4.08. The Morgan fingerprint density at radius 1 is 1.29 bits per heavy atom. The molecule has 1 aromatic rings. The standard InChI is InChI=1S/C17H23NO3/c1-16(2,12-8-5-4-6-9-12)14(19)18-13-10-7-11-17(13,3)15(20)21/h4-6,8-9,13H,7,10-11H2,1-3H3,(H,18,19)(H,20,21). The van der Waals surface area contributed by atoms with Crippen molar-refractivity contribution in [3.63, 3.8) is 0 Å². The third-order valence-corrected chi connectivity index (χ3v) is 4.82. The van der Waals surface area contributed by atoms with Crippen LogP contribution in [0.5, 0.6) is 0 Å². The zero-order valence-electron chi connectivity index (χ0n) is 12.8. The highest BCUT2D eigenvalue weighted by Gasteiger charge is 2.47. The van der Waals surface area contributed by atoms with E-state index in [4.69, 9.17) is 0 Å². The van der Waals surface area contributed by atoms with E-state index in [0.717, 1.165) is 18.4 Å². The molecule has 2 N–H and O–H groups in total. The maximum Gasteiger partial charge on any atom is 0.311 e. The fraction of sp³-hybridized carbons (Fsp3) is 0.529. The van der Waals surface area contributed by atoms with Crippen LogP contribution in [0.25, 0.3) is 0 Å². The number of carboxylic acid groups (broad SMARTS) is 1. The van der Waals surface area contributed by atoms with Crippen LogP contribution < -0.4 is 5.32 Å². The quantitative estimate of drug-likeness (QED) is 0.895. The van der Waals surface area contributed by atoms with Crippen LogP contribution in [-0.2, 0) is 15.0 Å². The Morgan fingerprint density at radius 3 is 2.48 bits per heavy atom. The van der Waals surface area contributed by atoms with Crippen molar-refractivity contribution in [2.75, 3.05) is 0 Å². The number of hydrogen-bond donors (Lipinski definition) is 2. The van der Waals surface area contributed by atoms with Gasteiger partial charge in [0, 0.05) is 6.04 Å². The summed E-state index contributed by atoms with van der Waals surface area (Å²) in [6.07, 6.45) is 2.16. The van der Waals surface area contributed by atoms with Gasteiger partial charge in [-0.15, -0.1) is 0 Å². The van der Waals surface area contributed by atoms with Gasteiger partial charge in [0.15, 0.2) is 0 Å². The molecule has 114 valence electrons. The summed E-state index contributed by atoms with van der Waals surface area (Å²) in [5, 5.41) is 12.4. The molecular weight excluding hydrogens is 266 g/mol. The highest BCUT2D eigenvalue weighted by atomic mass is 16.4. The molecule has 2 atom stereocenters. The second-order valence-corrected chi connectivity index (χ2v) is 6.63. The van der Waals surface area contributed by atoms with Gasteiger partial charge in [-0.25, -0.2) is 0 Å². The molecule has 1 aliphatic carbocycles. The van der Waals surface area contributed by atoms with Crippen molar-refractivity contribution >= 4 is 11.9 Å². The maximum absolute atomic E-state index is 12.6. The van der Waals surface area contributed by atoms with Gasteiger partial charge in [-0.3, -0.25) is 9.59 Å². The average Bonchev–Trinajstić information content (AvgIpc) is 2.82. The van der Waals surface area contributed by atoms with Crippen molar-refractivity contribution in [3.8, 4) is 0 Å². The molecule has 4 heteroatoms. The molecule has 0 aromatic heterocycles. The summed E-state index contributed by atoms with van der Waals surface area (Å²) in [7, 11) is 0. The van der Waals surface area contributed by atoms with E-state index in [1.54, 1.807) is 6.92 Å². The van der Waals surface area contributed by atoms with E-state index in [0.29, 0.717) is 6.42 Å². The number of carbonyl (C=O) groups is 2. The normalized spacial score (nSPS) is 25.6. The van der Waals surface area contributed by atoms with Gasteiger partial charge in [0.1, 0.15) is 0 Å². The smallest absolute Gasteiger partial charge is 0.311 e. The van der Waals surface area contributed by atoms with Crippen molar-refractivity contribution in [1.82, 2.24) is 5.32 Å². The number of hydrogen-bond acceptors (Lipinski definition) is 2. The van der Waals surface area contributed by atoms with Gasteiger partial charge in [-0.1, -0.05) is 36.8 Å². The zero-order valence-corrected chi connectivity index (χ0v) is 12.8. The maximum atomic E-state index is 12.6. The van der Waals surface area contributed by atoms with Crippen molar-refractivity contribution in [2.24, 2.45) is 5.41 Å². The molecule has 0 bridgehead atoms. The average molecular weight is 289 g/mol. The Labute approximate surface area is 125 Å². The van der Waals surface area contributed by atoms with E-state index in [2.05, 4.69) is 5.32 Å². The largest absolute Gasteiger partial charge is 0.481 e. The van der Waals surface area contributed by atoms with Crippen LogP contribution in [0.2, 0.25) is 0 Å². The summed E-state index contributed by atoms with van der Waals surface area (Å²) in [6, 6.07) is 9.26. The van der Waals surface area contributed by atoms with Gasteiger partial charge in [0.05, 0.1) is 10.8 Å². The number of benzene rings is 1. The molecule has 4 nitrogen and oxygen atoms in total. The zero-order chi connectivity index (χ0) is 15.7. The molecule has 21 heavy (non-hydrogen) atoms. The van der Waals surface area contributed by atoms with Crippen LogP contribution in [0.4, 0.5) is 0 Å². The topological polar surface area (TPSA) is 66.4 Å². The van der Waals surface area contributed by atoms with Crippen molar-refractivity contribution in [2.45, 2.75) is 51.5 Å². The minimum Gasteiger partial charge on any atom is -0.481 e. The predicted molar refractivity (Wildman–Crippen MR) is 81.0 cm³/mol. The third-order valence-electron chi connectivity index (χ3n) is 4.82. The summed E-state index contributed by atoms with van der Waals surface area (Å²) in [5.74, 6) is -0.948. The first-order chi connectivity index (χ1) is 9.78. The van der Waals surface area contributed by atoms with Gasteiger partial charge in [0.25, 0.3) is 0 Å². The van der Waals surface area contributed by atoms with E-state index in [1.807, 2.05) is 44.2 Å². The van der Waals surface area contributed by atoms with Gasteiger partial charge < -0.3 is 10.4 Å². The molecule has 1 amide bonds. The van der Waals surface area contributed by atoms with E-state index >= 15 is 0 Å². The first-order valence-corrected chi connectivity index (χ1v) is 7.38. The van der Waals surface area contributed by atoms with Crippen molar-refractivity contribution < 1.29 is 14.7 Å². The van der Waals surface area contributed by atoms with Crippen LogP contribution in [0.3, 0.4) is 0 Å². The molecule has 1 aliphatic rings. The summed E-state index contributed by atoms with van der Waals surface area (Å²) in [5.41, 5.74) is -0.608. The Morgan fingerprint density at radius 2 is 1.90 bits per heavy atom. The van der Waals surface area contributed by atoms with Crippen molar-refractivity contribution in [3.05, 3.63) is 35.9 Å². The molecule has 1 aromatic carbocycles. The van der Waals surface area contributed by atoms with Crippen LogP contribution in [-0.4, -0.2) is 23.0 Å². The number of amides is 1.